The van der Waals surface area contributed by atoms with Crippen molar-refractivity contribution in [1.29, 1.82) is 0 Å². The summed E-state index contributed by atoms with van der Waals surface area (Å²) >= 11 is 1.77. The van der Waals surface area contributed by atoms with E-state index in [2.05, 4.69) is 54.6 Å². The second-order valence-electron chi connectivity index (χ2n) is 7.61. The van der Waals surface area contributed by atoms with E-state index >= 15 is 0 Å². The van der Waals surface area contributed by atoms with Crippen LogP contribution in [-0.2, 0) is 9.53 Å². The van der Waals surface area contributed by atoms with Gasteiger partial charge in [0.2, 0.25) is 5.91 Å². The van der Waals surface area contributed by atoms with Crippen LogP contribution in [0.1, 0.15) is 36.6 Å². The van der Waals surface area contributed by atoms with Crippen LogP contribution in [0, 0.1) is 12.8 Å². The average Bonchev–Trinajstić information content (AvgIpc) is 3.29. The van der Waals surface area contributed by atoms with Crippen molar-refractivity contribution < 1.29 is 9.53 Å². The van der Waals surface area contributed by atoms with Crippen LogP contribution < -0.4 is 10.2 Å². The monoisotopic (exact) mass is 370 g/mol. The largest absolute Gasteiger partial charge is 0.372 e. The summed E-state index contributed by atoms with van der Waals surface area (Å²) in [5.41, 5.74) is 3.37. The molecule has 1 aliphatic carbocycles. The molecular weight excluding hydrogens is 344 g/mol. The number of hydrogen-bond acceptors (Lipinski definition) is 4. The van der Waals surface area contributed by atoms with Gasteiger partial charge in [0.1, 0.15) is 0 Å². The molecule has 2 heterocycles. The Bertz CT molecular complexity index is 776. The van der Waals surface area contributed by atoms with E-state index in [0.29, 0.717) is 5.92 Å². The lowest BCUT2D eigenvalue weighted by molar-refractivity contribution is -0.117. The summed E-state index contributed by atoms with van der Waals surface area (Å²) in [4.78, 5) is 16.3. The average molecular weight is 371 g/mol. The summed E-state index contributed by atoms with van der Waals surface area (Å²) in [6, 6.07) is 10.3. The van der Waals surface area contributed by atoms with Crippen molar-refractivity contribution in [2.45, 2.75) is 45.3 Å². The smallest absolute Gasteiger partial charge is 0.228 e. The van der Waals surface area contributed by atoms with Crippen LogP contribution in [-0.4, -0.2) is 31.2 Å². The fourth-order valence-corrected chi connectivity index (χ4v) is 5.03. The van der Waals surface area contributed by atoms with Gasteiger partial charge in [-0.25, -0.2) is 0 Å². The molecule has 2 aliphatic rings. The number of thiophene rings is 1. The second kappa shape index (κ2) is 7.05. The predicted octanol–water partition coefficient (Wildman–Crippen LogP) is 4.41. The Morgan fingerprint density at radius 3 is 2.46 bits per heavy atom. The maximum Gasteiger partial charge on any atom is 0.228 e. The molecule has 5 heteroatoms. The molecule has 138 valence electrons. The maximum absolute atomic E-state index is 12.5. The number of nitrogens with one attached hydrogen (secondary N) is 1. The molecule has 4 atom stereocenters. The van der Waals surface area contributed by atoms with Crippen LogP contribution in [0.25, 0.3) is 0 Å². The van der Waals surface area contributed by atoms with Crippen LogP contribution in [0.2, 0.25) is 0 Å². The molecule has 4 nitrogen and oxygen atoms in total. The molecule has 0 bridgehead atoms. The van der Waals surface area contributed by atoms with E-state index in [9.17, 15) is 4.79 Å². The fraction of sp³-hybridized carbons (Fsp3) is 0.476. The molecule has 4 rings (SSSR count). The number of carbonyl (C=O) groups excluding carboxylic acids is 1. The number of anilines is 2. The SMILES string of the molecule is Cc1ccsc1[C@H]1C[C@@H]1C(=O)Nc1ccc(N2C[C@@H](C)O[C@@H](C)C2)cc1. The Morgan fingerprint density at radius 1 is 1.15 bits per heavy atom. The maximum atomic E-state index is 12.5. The molecule has 2 aromatic rings. The van der Waals surface area contributed by atoms with E-state index in [1.54, 1.807) is 11.3 Å². The minimum Gasteiger partial charge on any atom is -0.372 e. The zero-order valence-electron chi connectivity index (χ0n) is 15.6. The van der Waals surface area contributed by atoms with Gasteiger partial charge in [-0.05, 0) is 68.5 Å². The highest BCUT2D eigenvalue weighted by Crippen LogP contribution is 2.50. The third-order valence-electron chi connectivity index (χ3n) is 5.29. The Kier molecular flexibility index (Phi) is 4.76. The first-order chi connectivity index (χ1) is 12.5. The normalized spacial score (nSPS) is 28.0. The van der Waals surface area contributed by atoms with Crippen molar-refractivity contribution in [2.75, 3.05) is 23.3 Å². The molecule has 0 spiro atoms. The Morgan fingerprint density at radius 2 is 1.85 bits per heavy atom. The molecule has 1 aromatic carbocycles. The van der Waals surface area contributed by atoms with Gasteiger partial charge in [0, 0.05) is 41.2 Å². The van der Waals surface area contributed by atoms with Gasteiger partial charge >= 0.3 is 0 Å². The molecule has 1 amide bonds. The van der Waals surface area contributed by atoms with Gasteiger partial charge in [0.25, 0.3) is 0 Å². The number of nitrogens with zero attached hydrogens (tertiary/aromatic N) is 1. The zero-order chi connectivity index (χ0) is 18.3. The molecule has 1 N–H and O–H groups in total. The Balaban J connectivity index is 1.36. The summed E-state index contributed by atoms with van der Waals surface area (Å²) < 4.78 is 5.80. The van der Waals surface area contributed by atoms with E-state index in [1.165, 1.54) is 16.1 Å². The highest BCUT2D eigenvalue weighted by Gasteiger charge is 2.45. The molecule has 0 unspecified atom stereocenters. The van der Waals surface area contributed by atoms with Gasteiger partial charge in [-0.2, -0.15) is 0 Å². The summed E-state index contributed by atoms with van der Waals surface area (Å²) in [6.07, 6.45) is 1.45. The lowest BCUT2D eigenvalue weighted by Crippen LogP contribution is -2.45. The number of benzene rings is 1. The first-order valence-corrected chi connectivity index (χ1v) is 10.2. The summed E-state index contributed by atoms with van der Waals surface area (Å²) in [6.45, 7) is 8.16. The molecule has 1 saturated carbocycles. The van der Waals surface area contributed by atoms with E-state index in [-0.39, 0.29) is 24.0 Å². The molecule has 1 aliphatic heterocycles. The Labute approximate surface area is 159 Å². The van der Waals surface area contributed by atoms with E-state index in [1.807, 2.05) is 12.1 Å². The molecule has 26 heavy (non-hydrogen) atoms. The standard InChI is InChI=1S/C21H26N2O2S/c1-13-8-9-26-20(13)18-10-19(18)21(24)22-16-4-6-17(7-5-16)23-11-14(2)25-15(3)12-23/h4-9,14-15,18-19H,10-12H2,1-3H3,(H,22,24)/t14-,15+,18-,19-/m0/s1. The van der Waals surface area contributed by atoms with Crippen molar-refractivity contribution in [2.24, 2.45) is 5.92 Å². The number of amides is 1. The molecule has 1 saturated heterocycles. The van der Waals surface area contributed by atoms with Crippen LogP contribution in [0.15, 0.2) is 35.7 Å². The number of aryl methyl sites for hydroxylation is 1. The highest BCUT2D eigenvalue weighted by atomic mass is 32.1. The lowest BCUT2D eigenvalue weighted by atomic mass is 10.1. The van der Waals surface area contributed by atoms with Crippen LogP contribution in [0.4, 0.5) is 11.4 Å². The highest BCUT2D eigenvalue weighted by molar-refractivity contribution is 7.10. The van der Waals surface area contributed by atoms with E-state index in [0.717, 1.165) is 25.2 Å². The topological polar surface area (TPSA) is 41.6 Å². The van der Waals surface area contributed by atoms with Crippen molar-refractivity contribution in [3.63, 3.8) is 0 Å². The predicted molar refractivity (Wildman–Crippen MR) is 107 cm³/mol. The number of carbonyl (C=O) groups is 1. The summed E-state index contributed by atoms with van der Waals surface area (Å²) in [7, 11) is 0. The van der Waals surface area contributed by atoms with Gasteiger partial charge < -0.3 is 15.0 Å². The minimum atomic E-state index is 0.118. The number of hydrogen-bond donors (Lipinski definition) is 1. The lowest BCUT2D eigenvalue weighted by Gasteiger charge is -2.36. The number of morpholine rings is 1. The number of ether oxygens (including phenoxy) is 1. The Hall–Kier alpha value is -1.85. The van der Waals surface area contributed by atoms with Gasteiger partial charge in [-0.1, -0.05) is 0 Å². The minimum absolute atomic E-state index is 0.118. The van der Waals surface area contributed by atoms with Gasteiger partial charge in [0.05, 0.1) is 12.2 Å². The summed E-state index contributed by atoms with van der Waals surface area (Å²) in [5, 5.41) is 5.20. The van der Waals surface area contributed by atoms with Crippen molar-refractivity contribution in [3.8, 4) is 0 Å². The zero-order valence-corrected chi connectivity index (χ0v) is 16.4. The van der Waals surface area contributed by atoms with Crippen LogP contribution in [0.5, 0.6) is 0 Å². The van der Waals surface area contributed by atoms with E-state index < -0.39 is 0 Å². The molecule has 2 fully saturated rings. The fourth-order valence-electron chi connectivity index (χ4n) is 3.92. The van der Waals surface area contributed by atoms with Gasteiger partial charge in [-0.15, -0.1) is 11.3 Å². The summed E-state index contributed by atoms with van der Waals surface area (Å²) in [5.74, 6) is 0.669. The molecular formula is C21H26N2O2S. The van der Waals surface area contributed by atoms with Crippen LogP contribution >= 0.6 is 11.3 Å². The van der Waals surface area contributed by atoms with E-state index in [4.69, 9.17) is 4.74 Å². The first-order valence-electron chi connectivity index (χ1n) is 9.36. The molecule has 1 aromatic heterocycles. The quantitative estimate of drug-likeness (QED) is 0.867. The third-order valence-corrected chi connectivity index (χ3v) is 6.44. The second-order valence-corrected chi connectivity index (χ2v) is 8.56. The molecule has 0 radical (unpaired) electrons. The van der Waals surface area contributed by atoms with Crippen molar-refractivity contribution in [3.05, 3.63) is 46.2 Å². The number of rotatable bonds is 4. The van der Waals surface area contributed by atoms with Crippen LogP contribution in [0.3, 0.4) is 0 Å². The van der Waals surface area contributed by atoms with Gasteiger partial charge in [0.15, 0.2) is 0 Å². The van der Waals surface area contributed by atoms with Gasteiger partial charge in [-0.3, -0.25) is 4.79 Å². The third kappa shape index (κ3) is 3.64. The van der Waals surface area contributed by atoms with Crippen molar-refractivity contribution in [1.82, 2.24) is 0 Å². The first kappa shape index (κ1) is 17.6. The van der Waals surface area contributed by atoms with Crippen molar-refractivity contribution >= 4 is 28.6 Å².